The van der Waals surface area contributed by atoms with Gasteiger partial charge in [0.1, 0.15) is 6.04 Å². The smallest absolute Gasteiger partial charge is 0.242 e. The van der Waals surface area contributed by atoms with E-state index in [-0.39, 0.29) is 4.90 Å². The third-order valence-corrected chi connectivity index (χ3v) is 6.05. The molecule has 140 valence electrons. The van der Waals surface area contributed by atoms with Crippen molar-refractivity contribution in [3.8, 4) is 0 Å². The normalized spacial score (nSPS) is 12.6. The summed E-state index contributed by atoms with van der Waals surface area (Å²) in [6.45, 7) is 3.65. The number of aromatic nitrogens is 1. The highest BCUT2D eigenvalue weighted by molar-refractivity contribution is 7.98. The largest absolute Gasteiger partial charge is 0.323 e. The van der Waals surface area contributed by atoms with Crippen LogP contribution in [0.2, 0.25) is 0 Å². The monoisotopic (exact) mass is 393 g/mol. The molecule has 8 heteroatoms. The predicted molar refractivity (Wildman–Crippen MR) is 106 cm³/mol. The molecule has 0 saturated carbocycles. The lowest BCUT2D eigenvalue weighted by atomic mass is 10.2. The standard InChI is InChI=1S/C18H23N3O3S2/c1-13-6-7-17(14(2)11-13)26(23,24)21-16(8-10-25-3)18(22)20-15-5-4-9-19-12-15/h4-7,9,11-12,16,21H,8,10H2,1-3H3,(H,20,22)/t16-/m1/s1. The molecule has 0 bridgehead atoms. The quantitative estimate of drug-likeness (QED) is 0.720. The van der Waals surface area contributed by atoms with Gasteiger partial charge < -0.3 is 5.32 Å². The number of hydrogen-bond donors (Lipinski definition) is 2. The number of thioether (sulfide) groups is 1. The number of benzene rings is 1. The first-order valence-electron chi connectivity index (χ1n) is 8.13. The van der Waals surface area contributed by atoms with Crippen molar-refractivity contribution < 1.29 is 13.2 Å². The molecular weight excluding hydrogens is 370 g/mol. The van der Waals surface area contributed by atoms with Crippen molar-refractivity contribution in [3.05, 3.63) is 53.9 Å². The van der Waals surface area contributed by atoms with Gasteiger partial charge in [-0.3, -0.25) is 9.78 Å². The molecule has 0 aliphatic rings. The number of sulfonamides is 1. The average molecular weight is 394 g/mol. The third-order valence-electron chi connectivity index (χ3n) is 3.77. The number of hydrogen-bond acceptors (Lipinski definition) is 5. The minimum Gasteiger partial charge on any atom is -0.323 e. The number of aryl methyl sites for hydroxylation is 2. The van der Waals surface area contributed by atoms with E-state index in [4.69, 9.17) is 0 Å². The predicted octanol–water partition coefficient (Wildman–Crippen LogP) is 2.74. The fourth-order valence-electron chi connectivity index (χ4n) is 2.50. The summed E-state index contributed by atoms with van der Waals surface area (Å²) in [6, 6.07) is 7.66. The molecule has 2 N–H and O–H groups in total. The molecule has 0 spiro atoms. The highest BCUT2D eigenvalue weighted by Gasteiger charge is 2.26. The Kier molecular flexibility index (Phi) is 7.19. The number of carbonyl (C=O) groups is 1. The second-order valence-electron chi connectivity index (χ2n) is 5.96. The van der Waals surface area contributed by atoms with Crippen molar-refractivity contribution in [2.75, 3.05) is 17.3 Å². The Balaban J connectivity index is 2.21. The summed E-state index contributed by atoms with van der Waals surface area (Å²) in [7, 11) is -3.81. The van der Waals surface area contributed by atoms with Crippen LogP contribution >= 0.6 is 11.8 Å². The highest BCUT2D eigenvalue weighted by atomic mass is 32.2. The van der Waals surface area contributed by atoms with E-state index < -0.39 is 22.0 Å². The first kappa shape index (κ1) is 20.4. The zero-order valence-electron chi connectivity index (χ0n) is 15.0. The number of nitrogens with zero attached hydrogens (tertiary/aromatic N) is 1. The van der Waals surface area contributed by atoms with Crippen LogP contribution in [0.15, 0.2) is 47.6 Å². The molecule has 0 fully saturated rings. The van der Waals surface area contributed by atoms with Crippen LogP contribution in [0.25, 0.3) is 0 Å². The van der Waals surface area contributed by atoms with E-state index in [1.807, 2.05) is 13.2 Å². The number of pyridine rings is 1. The fourth-order valence-corrected chi connectivity index (χ4v) is 4.42. The van der Waals surface area contributed by atoms with E-state index in [9.17, 15) is 13.2 Å². The molecule has 1 atom stereocenters. The number of amides is 1. The molecule has 0 saturated heterocycles. The minimum absolute atomic E-state index is 0.187. The first-order chi connectivity index (χ1) is 12.3. The topological polar surface area (TPSA) is 88.2 Å². The van der Waals surface area contributed by atoms with E-state index in [1.54, 1.807) is 55.2 Å². The lowest BCUT2D eigenvalue weighted by molar-refractivity contribution is -0.117. The average Bonchev–Trinajstić information content (AvgIpc) is 2.59. The maximum Gasteiger partial charge on any atom is 0.242 e. The van der Waals surface area contributed by atoms with Crippen molar-refractivity contribution in [2.24, 2.45) is 0 Å². The van der Waals surface area contributed by atoms with Crippen LogP contribution < -0.4 is 10.0 Å². The highest BCUT2D eigenvalue weighted by Crippen LogP contribution is 2.18. The van der Waals surface area contributed by atoms with Crippen LogP contribution in [0, 0.1) is 13.8 Å². The van der Waals surface area contributed by atoms with Gasteiger partial charge in [-0.2, -0.15) is 16.5 Å². The minimum atomic E-state index is -3.81. The Bertz CT molecular complexity index is 855. The van der Waals surface area contributed by atoms with Gasteiger partial charge in [-0.05, 0) is 56.0 Å². The maximum atomic E-state index is 12.8. The number of carbonyl (C=O) groups excluding carboxylic acids is 1. The van der Waals surface area contributed by atoms with Gasteiger partial charge in [-0.1, -0.05) is 17.7 Å². The van der Waals surface area contributed by atoms with Gasteiger partial charge in [0.15, 0.2) is 0 Å². The van der Waals surface area contributed by atoms with Crippen molar-refractivity contribution in [2.45, 2.75) is 31.2 Å². The van der Waals surface area contributed by atoms with Crippen molar-refractivity contribution in [1.29, 1.82) is 0 Å². The number of anilines is 1. The van der Waals surface area contributed by atoms with Crippen molar-refractivity contribution in [3.63, 3.8) is 0 Å². The molecule has 1 aromatic carbocycles. The van der Waals surface area contributed by atoms with Gasteiger partial charge in [-0.15, -0.1) is 0 Å². The molecule has 26 heavy (non-hydrogen) atoms. The van der Waals surface area contributed by atoms with Gasteiger partial charge in [0, 0.05) is 6.20 Å². The summed E-state index contributed by atoms with van der Waals surface area (Å²) in [4.78, 5) is 16.7. The van der Waals surface area contributed by atoms with Gasteiger partial charge >= 0.3 is 0 Å². The van der Waals surface area contributed by atoms with Crippen LogP contribution in [-0.4, -0.2) is 37.4 Å². The van der Waals surface area contributed by atoms with E-state index in [0.29, 0.717) is 23.4 Å². The van der Waals surface area contributed by atoms with Gasteiger partial charge in [0.05, 0.1) is 16.8 Å². The molecule has 6 nitrogen and oxygen atoms in total. The van der Waals surface area contributed by atoms with Crippen LogP contribution in [-0.2, 0) is 14.8 Å². The van der Waals surface area contributed by atoms with Crippen molar-refractivity contribution in [1.82, 2.24) is 9.71 Å². The van der Waals surface area contributed by atoms with Crippen LogP contribution in [0.1, 0.15) is 17.5 Å². The van der Waals surface area contributed by atoms with E-state index in [2.05, 4.69) is 15.0 Å². The summed E-state index contributed by atoms with van der Waals surface area (Å²) < 4.78 is 28.1. The Morgan fingerprint density at radius 2 is 2.04 bits per heavy atom. The molecule has 1 aromatic heterocycles. The van der Waals surface area contributed by atoms with E-state index in [1.165, 1.54) is 6.20 Å². The second-order valence-corrected chi connectivity index (χ2v) is 8.62. The van der Waals surface area contributed by atoms with Gasteiger partial charge in [0.25, 0.3) is 0 Å². The number of rotatable bonds is 8. The zero-order chi connectivity index (χ0) is 19.2. The molecule has 0 aliphatic heterocycles. The SMILES string of the molecule is CSCC[C@@H](NS(=O)(=O)c1ccc(C)cc1C)C(=O)Nc1cccnc1. The van der Waals surface area contributed by atoms with Gasteiger partial charge in [-0.25, -0.2) is 8.42 Å². The molecule has 2 aromatic rings. The Morgan fingerprint density at radius 3 is 2.65 bits per heavy atom. The first-order valence-corrected chi connectivity index (χ1v) is 11.0. The second kappa shape index (κ2) is 9.16. The van der Waals surface area contributed by atoms with E-state index >= 15 is 0 Å². The maximum absolute atomic E-state index is 12.8. The van der Waals surface area contributed by atoms with Crippen molar-refractivity contribution >= 4 is 33.4 Å². The molecule has 0 radical (unpaired) electrons. The third kappa shape index (κ3) is 5.55. The lowest BCUT2D eigenvalue weighted by Gasteiger charge is -2.19. The van der Waals surface area contributed by atoms with Crippen LogP contribution in [0.4, 0.5) is 5.69 Å². The number of nitrogens with one attached hydrogen (secondary N) is 2. The summed E-state index contributed by atoms with van der Waals surface area (Å²) >= 11 is 1.55. The molecule has 1 amide bonds. The summed E-state index contributed by atoms with van der Waals surface area (Å²) in [5.74, 6) is 0.251. The molecule has 0 unspecified atom stereocenters. The fraction of sp³-hybridized carbons (Fsp3) is 0.333. The van der Waals surface area contributed by atoms with E-state index in [0.717, 1.165) is 5.56 Å². The lowest BCUT2D eigenvalue weighted by Crippen LogP contribution is -2.44. The molecule has 2 rings (SSSR count). The Morgan fingerprint density at radius 1 is 1.27 bits per heavy atom. The van der Waals surface area contributed by atoms with Gasteiger partial charge in [0.2, 0.25) is 15.9 Å². The molecular formula is C18H23N3O3S2. The summed E-state index contributed by atoms with van der Waals surface area (Å²) in [5, 5.41) is 2.71. The summed E-state index contributed by atoms with van der Waals surface area (Å²) in [6.07, 6.45) is 5.41. The van der Waals surface area contributed by atoms with Crippen LogP contribution in [0.5, 0.6) is 0 Å². The van der Waals surface area contributed by atoms with Crippen LogP contribution in [0.3, 0.4) is 0 Å². The Labute approximate surface area is 158 Å². The summed E-state index contributed by atoms with van der Waals surface area (Å²) in [5.41, 5.74) is 2.15. The Hall–Kier alpha value is -1.90. The molecule has 0 aliphatic carbocycles. The zero-order valence-corrected chi connectivity index (χ0v) is 16.7. The molecule has 1 heterocycles.